The van der Waals surface area contributed by atoms with Crippen LogP contribution in [0.5, 0.6) is 0 Å². The number of carboxylic acid groups (broad SMARTS) is 1. The molecule has 0 aliphatic rings. The van der Waals surface area contributed by atoms with Gasteiger partial charge in [-0.05, 0) is 77.0 Å². The van der Waals surface area contributed by atoms with Crippen molar-refractivity contribution in [2.45, 2.75) is 289 Å². The fraction of sp³-hybridized carbons (Fsp3) is 0.732. The summed E-state index contributed by atoms with van der Waals surface area (Å²) in [5.74, 6) is -2.29. The van der Waals surface area contributed by atoms with Crippen LogP contribution >= 0.6 is 0 Å². The van der Waals surface area contributed by atoms with Gasteiger partial charge in [0.2, 0.25) is 0 Å². The number of ether oxygens (including phenoxy) is 4. The molecule has 0 amide bonds. The Morgan fingerprint density at radius 3 is 1.06 bits per heavy atom. The minimum atomic E-state index is -1.63. The molecule has 0 saturated carbocycles. The molecule has 0 radical (unpaired) electrons. The maximum absolute atomic E-state index is 12.9. The van der Waals surface area contributed by atoms with E-state index in [1.54, 1.807) is 0 Å². The number of rotatable bonds is 60. The Morgan fingerprint density at radius 2 is 0.713 bits per heavy atom. The molecule has 0 N–H and O–H groups in total. The van der Waals surface area contributed by atoms with Gasteiger partial charge in [0.15, 0.2) is 12.4 Å². The van der Waals surface area contributed by atoms with Gasteiger partial charge in [0.25, 0.3) is 0 Å². The van der Waals surface area contributed by atoms with E-state index in [2.05, 4.69) is 111 Å². The zero-order chi connectivity index (χ0) is 58.3. The second-order valence-electron chi connectivity index (χ2n) is 23.0. The van der Waals surface area contributed by atoms with Crippen molar-refractivity contribution >= 4 is 17.9 Å². The molecule has 0 aromatic rings. The number of nitrogens with zero attached hydrogens (tertiary/aromatic N) is 1. The Bertz CT molecular complexity index is 1630. The van der Waals surface area contributed by atoms with Gasteiger partial charge in [-0.15, -0.1) is 0 Å². The largest absolute Gasteiger partial charge is 0.545 e. The second-order valence-corrected chi connectivity index (χ2v) is 23.0. The van der Waals surface area contributed by atoms with E-state index in [1.807, 2.05) is 21.1 Å². The predicted molar refractivity (Wildman–Crippen MR) is 338 cm³/mol. The molecule has 0 heterocycles. The van der Waals surface area contributed by atoms with Crippen LogP contribution < -0.4 is 5.11 Å². The first-order valence-electron chi connectivity index (χ1n) is 32.9. The molecule has 2 atom stereocenters. The van der Waals surface area contributed by atoms with E-state index in [4.69, 9.17) is 18.9 Å². The van der Waals surface area contributed by atoms with Crippen molar-refractivity contribution in [2.75, 3.05) is 47.5 Å². The second kappa shape index (κ2) is 61.3. The van der Waals surface area contributed by atoms with E-state index in [9.17, 15) is 19.5 Å². The summed E-state index contributed by atoms with van der Waals surface area (Å²) in [7, 11) is 5.92. The summed E-state index contributed by atoms with van der Waals surface area (Å²) in [5.41, 5.74) is 0. The third-order valence-corrected chi connectivity index (χ3v) is 14.1. The molecule has 0 saturated heterocycles. The number of likely N-dealkylation sites (N-methyl/N-ethyl adjacent to an activating group) is 1. The molecule has 0 fully saturated rings. The number of aliphatic carboxylic acids is 1. The van der Waals surface area contributed by atoms with E-state index < -0.39 is 24.3 Å². The van der Waals surface area contributed by atoms with Crippen LogP contribution in [0.1, 0.15) is 277 Å². The van der Waals surface area contributed by atoms with E-state index in [0.717, 1.165) is 96.3 Å². The average molecular weight is 1120 g/mol. The van der Waals surface area contributed by atoms with Gasteiger partial charge in [-0.2, -0.15) is 0 Å². The quantitative estimate of drug-likeness (QED) is 0.0195. The van der Waals surface area contributed by atoms with E-state index in [-0.39, 0.29) is 32.2 Å². The number of esters is 2. The van der Waals surface area contributed by atoms with Gasteiger partial charge in [0.05, 0.1) is 40.3 Å². The molecule has 460 valence electrons. The Balaban J connectivity index is 4.20. The van der Waals surface area contributed by atoms with Gasteiger partial charge in [-0.3, -0.25) is 9.59 Å². The number of carbonyl (C=O) groups is 3. The number of hydrogen-bond acceptors (Lipinski definition) is 8. The lowest BCUT2D eigenvalue weighted by Crippen LogP contribution is -2.44. The third-order valence-electron chi connectivity index (χ3n) is 14.1. The van der Waals surface area contributed by atoms with Crippen LogP contribution in [0, 0.1) is 0 Å². The van der Waals surface area contributed by atoms with Gasteiger partial charge in [0, 0.05) is 12.8 Å². The highest BCUT2D eigenvalue weighted by Crippen LogP contribution is 2.17. The van der Waals surface area contributed by atoms with Gasteiger partial charge in [-0.1, -0.05) is 284 Å². The molecular weight excluding hydrogens is 995 g/mol. The highest BCUT2D eigenvalue weighted by Gasteiger charge is 2.22. The Kier molecular flexibility index (Phi) is 58.4. The number of carboxylic acids is 1. The number of hydrogen-bond donors (Lipinski definition) is 0. The molecule has 80 heavy (non-hydrogen) atoms. The van der Waals surface area contributed by atoms with Gasteiger partial charge >= 0.3 is 11.9 Å². The number of allylic oxidation sites excluding steroid dienone is 16. The topological polar surface area (TPSA) is 111 Å². The zero-order valence-corrected chi connectivity index (χ0v) is 52.4. The van der Waals surface area contributed by atoms with Gasteiger partial charge in [0.1, 0.15) is 13.2 Å². The molecule has 0 aromatic heterocycles. The highest BCUT2D eigenvalue weighted by molar-refractivity contribution is 5.70. The zero-order valence-electron chi connectivity index (χ0n) is 52.4. The fourth-order valence-corrected chi connectivity index (χ4v) is 9.08. The summed E-state index contributed by atoms with van der Waals surface area (Å²) in [6.45, 7) is 4.65. The van der Waals surface area contributed by atoms with E-state index in [0.29, 0.717) is 23.9 Å². The van der Waals surface area contributed by atoms with Crippen LogP contribution in [0.2, 0.25) is 0 Å². The van der Waals surface area contributed by atoms with Crippen molar-refractivity contribution in [3.8, 4) is 0 Å². The van der Waals surface area contributed by atoms with Crippen molar-refractivity contribution in [1.29, 1.82) is 0 Å². The first-order valence-corrected chi connectivity index (χ1v) is 32.9. The number of quaternary nitrogens is 1. The molecule has 0 aromatic carbocycles. The predicted octanol–water partition coefficient (Wildman–Crippen LogP) is 18.7. The number of carbonyl (C=O) groups excluding carboxylic acids is 3. The molecule has 0 bridgehead atoms. The molecule has 0 rings (SSSR count). The first-order chi connectivity index (χ1) is 39.1. The summed E-state index contributed by atoms with van der Waals surface area (Å²) >= 11 is 0. The Morgan fingerprint density at radius 1 is 0.388 bits per heavy atom. The molecule has 0 spiro atoms. The number of unbranched alkanes of at least 4 members (excludes halogenated alkanes) is 29. The summed E-state index contributed by atoms with van der Waals surface area (Å²) in [6, 6.07) is 0. The minimum Gasteiger partial charge on any atom is -0.545 e. The maximum Gasteiger partial charge on any atom is 0.306 e. The maximum atomic E-state index is 12.9. The molecule has 0 aliphatic heterocycles. The minimum absolute atomic E-state index is 0.143. The van der Waals surface area contributed by atoms with Crippen molar-refractivity contribution in [3.05, 3.63) is 97.2 Å². The van der Waals surface area contributed by atoms with Crippen LogP contribution in [0.25, 0.3) is 0 Å². The van der Waals surface area contributed by atoms with Crippen molar-refractivity contribution in [3.63, 3.8) is 0 Å². The first kappa shape index (κ1) is 76.2. The lowest BCUT2D eigenvalue weighted by molar-refractivity contribution is -0.870. The monoisotopic (exact) mass is 1120 g/mol. The average Bonchev–Trinajstić information content (AvgIpc) is 3.43. The summed E-state index contributed by atoms with van der Waals surface area (Å²) in [5, 5.41) is 11.8. The summed E-state index contributed by atoms with van der Waals surface area (Å²) in [6.07, 6.45) is 80.4. The Hall–Kier alpha value is -3.79. The van der Waals surface area contributed by atoms with Crippen molar-refractivity contribution in [1.82, 2.24) is 0 Å². The van der Waals surface area contributed by atoms with Crippen LogP contribution in [-0.2, 0) is 33.3 Å². The van der Waals surface area contributed by atoms with Crippen LogP contribution in [0.15, 0.2) is 97.2 Å². The summed E-state index contributed by atoms with van der Waals surface area (Å²) in [4.78, 5) is 37.4. The summed E-state index contributed by atoms with van der Waals surface area (Å²) < 4.78 is 22.8. The molecular formula is C71H123NO8. The van der Waals surface area contributed by atoms with Crippen molar-refractivity contribution in [2.24, 2.45) is 0 Å². The van der Waals surface area contributed by atoms with Gasteiger partial charge < -0.3 is 33.3 Å². The van der Waals surface area contributed by atoms with Crippen molar-refractivity contribution < 1.29 is 42.9 Å². The third kappa shape index (κ3) is 61.8. The van der Waals surface area contributed by atoms with E-state index >= 15 is 0 Å². The SMILES string of the molecule is CC/C=C\C/C=C\C/C=C\C/C=C\C/C=C\C/C=C\C/C=C\C/C=C\CCCCCCCCCCC(=O)OC(COC(=O)CCCCCCCCCCCCCCCCCCCCCCCC)COC(OCC[N+](C)(C)C)C(=O)[O-]. The molecule has 0 aliphatic carbocycles. The van der Waals surface area contributed by atoms with Crippen LogP contribution in [-0.4, -0.2) is 82.3 Å². The fourth-order valence-electron chi connectivity index (χ4n) is 9.08. The smallest absolute Gasteiger partial charge is 0.306 e. The molecule has 9 nitrogen and oxygen atoms in total. The van der Waals surface area contributed by atoms with Crippen LogP contribution in [0.4, 0.5) is 0 Å². The Labute approximate surface area is 492 Å². The van der Waals surface area contributed by atoms with Gasteiger partial charge in [-0.25, -0.2) is 0 Å². The van der Waals surface area contributed by atoms with E-state index in [1.165, 1.54) is 148 Å². The standard InChI is InChI=1S/C71H123NO8/c1-6-8-10-12-14-16-18-20-22-24-26-28-30-31-32-33-34-35-36-37-38-39-40-42-44-46-48-50-52-54-56-58-60-62-69(74)80-67(66-79-71(70(75)76)77-64-63-72(3,4)5)65-78-68(73)61-59-57-55-53-51-49-47-45-43-41-29-27-25-23-21-19-17-15-13-11-9-7-2/h8,10,14,16,20,22,26,28,31-32,34-35,37-38,40,42,67,71H,6-7,9,11-13,15,17-19,21,23-25,27,29-30,33,36,39,41,43-66H2,1-5H3/b10-8-,16-14-,22-20-,28-26-,32-31-,35-34-,38-37-,42-40-. The van der Waals surface area contributed by atoms with Crippen LogP contribution in [0.3, 0.4) is 0 Å². The molecule has 9 heteroatoms. The highest BCUT2D eigenvalue weighted by atomic mass is 16.7. The lowest BCUT2D eigenvalue weighted by Gasteiger charge is -2.26. The lowest BCUT2D eigenvalue weighted by atomic mass is 10.0. The molecule has 2 unspecified atom stereocenters. The normalized spacial score (nSPS) is 13.4.